The number of hydrogen-bond acceptors (Lipinski definition) is 2. The monoisotopic (exact) mass is 180 g/mol. The average Bonchev–Trinajstić information content (AvgIpc) is 2.12. The summed E-state index contributed by atoms with van der Waals surface area (Å²) in [5.41, 5.74) is 1.18. The summed E-state index contributed by atoms with van der Waals surface area (Å²) >= 11 is 0. The Hall–Kier alpha value is -1.31. The summed E-state index contributed by atoms with van der Waals surface area (Å²) in [4.78, 5) is 10.6. The lowest BCUT2D eigenvalue weighted by Crippen LogP contribution is -2.00. The van der Waals surface area contributed by atoms with Crippen molar-refractivity contribution in [1.29, 1.82) is 0 Å². The first kappa shape index (κ1) is 11.7. The van der Waals surface area contributed by atoms with Gasteiger partial charge in [-0.05, 0) is 13.8 Å². The number of carbonyl (C=O) groups excluding carboxylic acids is 1. The summed E-state index contributed by atoms with van der Waals surface area (Å²) in [6.07, 6.45) is 7.92. The normalized spacial score (nSPS) is 11.7. The van der Waals surface area contributed by atoms with Crippen molar-refractivity contribution in [3.8, 4) is 0 Å². The minimum absolute atomic E-state index is 0.364. The van der Waals surface area contributed by atoms with Crippen LogP contribution >= 0.6 is 0 Å². The molecule has 0 spiro atoms. The largest absolute Gasteiger partial charge is 0.462 e. The molecule has 0 amide bonds. The van der Waals surface area contributed by atoms with E-state index in [0.29, 0.717) is 6.61 Å². The second kappa shape index (κ2) is 7.35. The molecule has 0 saturated heterocycles. The van der Waals surface area contributed by atoms with Crippen molar-refractivity contribution < 1.29 is 9.53 Å². The Morgan fingerprint density at radius 2 is 2.23 bits per heavy atom. The zero-order valence-corrected chi connectivity index (χ0v) is 8.25. The van der Waals surface area contributed by atoms with Crippen molar-refractivity contribution in [1.82, 2.24) is 0 Å². The van der Waals surface area contributed by atoms with Gasteiger partial charge in [-0.3, -0.25) is 0 Å². The molecular weight excluding hydrogens is 164 g/mol. The Morgan fingerprint density at radius 1 is 1.54 bits per heavy atom. The minimum Gasteiger partial charge on any atom is -0.462 e. The van der Waals surface area contributed by atoms with E-state index in [1.54, 1.807) is 0 Å². The van der Waals surface area contributed by atoms with Gasteiger partial charge in [0.2, 0.25) is 0 Å². The fourth-order valence-electron chi connectivity index (χ4n) is 0.836. The lowest BCUT2D eigenvalue weighted by atomic mass is 10.2. The highest BCUT2D eigenvalue weighted by atomic mass is 16.5. The maximum absolute atomic E-state index is 10.6. The zero-order chi connectivity index (χ0) is 10.1. The van der Waals surface area contributed by atoms with Crippen molar-refractivity contribution >= 4 is 5.97 Å². The zero-order valence-electron chi connectivity index (χ0n) is 8.25. The van der Waals surface area contributed by atoms with E-state index in [2.05, 4.69) is 6.58 Å². The number of rotatable bonds is 5. The predicted octanol–water partition coefficient (Wildman–Crippen LogP) is 2.63. The van der Waals surface area contributed by atoms with Crippen molar-refractivity contribution in [2.24, 2.45) is 0 Å². The van der Waals surface area contributed by atoms with Gasteiger partial charge in [-0.25, -0.2) is 4.79 Å². The van der Waals surface area contributed by atoms with Crippen LogP contribution in [0.15, 0.2) is 36.5 Å². The highest BCUT2D eigenvalue weighted by molar-refractivity contribution is 5.81. The molecule has 0 aliphatic heterocycles. The molecule has 13 heavy (non-hydrogen) atoms. The third-order valence-corrected chi connectivity index (χ3v) is 1.42. The molecule has 0 atom stereocenters. The number of hydrogen-bond donors (Lipinski definition) is 0. The van der Waals surface area contributed by atoms with Crippen molar-refractivity contribution in [2.45, 2.75) is 20.3 Å². The van der Waals surface area contributed by atoms with Crippen molar-refractivity contribution in [3.05, 3.63) is 36.5 Å². The van der Waals surface area contributed by atoms with Crippen molar-refractivity contribution in [3.63, 3.8) is 0 Å². The van der Waals surface area contributed by atoms with Gasteiger partial charge in [0, 0.05) is 12.5 Å². The lowest BCUT2D eigenvalue weighted by molar-refractivity contribution is -0.137. The summed E-state index contributed by atoms with van der Waals surface area (Å²) in [6.45, 7) is 7.70. The second-order valence-electron chi connectivity index (χ2n) is 2.61. The number of ether oxygens (including phenoxy) is 1. The number of carbonyl (C=O) groups is 1. The third kappa shape index (κ3) is 7.06. The first-order valence-electron chi connectivity index (χ1n) is 4.29. The Kier molecular flexibility index (Phi) is 6.60. The van der Waals surface area contributed by atoms with Crippen LogP contribution in [0.2, 0.25) is 0 Å². The van der Waals surface area contributed by atoms with E-state index in [1.165, 1.54) is 11.6 Å². The Bertz CT molecular complexity index is 224. The van der Waals surface area contributed by atoms with Crippen LogP contribution in [0.3, 0.4) is 0 Å². The van der Waals surface area contributed by atoms with Crippen LogP contribution in [0.4, 0.5) is 0 Å². The van der Waals surface area contributed by atoms with Gasteiger partial charge >= 0.3 is 5.97 Å². The molecule has 0 aliphatic carbocycles. The van der Waals surface area contributed by atoms with Crippen LogP contribution in [0.1, 0.15) is 20.3 Å². The molecule has 0 N–H and O–H groups in total. The Morgan fingerprint density at radius 3 is 2.77 bits per heavy atom. The van der Waals surface area contributed by atoms with E-state index in [9.17, 15) is 4.79 Å². The molecule has 0 fully saturated rings. The smallest absolute Gasteiger partial charge is 0.330 e. The van der Waals surface area contributed by atoms with Gasteiger partial charge in [0.05, 0.1) is 6.61 Å². The first-order chi connectivity index (χ1) is 6.20. The summed E-state index contributed by atoms with van der Waals surface area (Å²) in [5, 5.41) is 0. The van der Waals surface area contributed by atoms with E-state index >= 15 is 0 Å². The van der Waals surface area contributed by atoms with Gasteiger partial charge in [0.1, 0.15) is 0 Å². The van der Waals surface area contributed by atoms with E-state index in [4.69, 9.17) is 4.74 Å². The maximum Gasteiger partial charge on any atom is 0.330 e. The molecule has 0 radical (unpaired) electrons. The molecule has 0 heterocycles. The van der Waals surface area contributed by atoms with E-state index < -0.39 is 0 Å². The van der Waals surface area contributed by atoms with Gasteiger partial charge in [-0.15, -0.1) is 0 Å². The van der Waals surface area contributed by atoms with Crippen LogP contribution in [0.25, 0.3) is 0 Å². The van der Waals surface area contributed by atoms with E-state index in [-0.39, 0.29) is 5.97 Å². The van der Waals surface area contributed by atoms with E-state index in [0.717, 1.165) is 6.42 Å². The molecule has 0 aromatic carbocycles. The molecule has 0 aliphatic rings. The molecule has 2 heteroatoms. The second-order valence-corrected chi connectivity index (χ2v) is 2.61. The quantitative estimate of drug-likeness (QED) is 0.281. The SMILES string of the molecule is C=CC(=O)OCC/C=C(C)/C=C/C. The molecule has 0 rings (SSSR count). The fourth-order valence-corrected chi connectivity index (χ4v) is 0.836. The van der Waals surface area contributed by atoms with Crippen LogP contribution in [-0.2, 0) is 9.53 Å². The minimum atomic E-state index is -0.364. The molecule has 0 bridgehead atoms. The van der Waals surface area contributed by atoms with Crippen LogP contribution in [-0.4, -0.2) is 12.6 Å². The maximum atomic E-state index is 10.6. The van der Waals surface area contributed by atoms with Gasteiger partial charge in [0.15, 0.2) is 0 Å². The van der Waals surface area contributed by atoms with Gasteiger partial charge in [-0.1, -0.05) is 30.4 Å². The highest BCUT2D eigenvalue weighted by Gasteiger charge is 1.92. The third-order valence-electron chi connectivity index (χ3n) is 1.42. The average molecular weight is 180 g/mol. The molecule has 72 valence electrons. The van der Waals surface area contributed by atoms with Crippen molar-refractivity contribution in [2.75, 3.05) is 6.61 Å². The van der Waals surface area contributed by atoms with Gasteiger partial charge in [0.25, 0.3) is 0 Å². The predicted molar refractivity (Wildman–Crippen MR) is 54.3 cm³/mol. The van der Waals surface area contributed by atoms with Crippen LogP contribution < -0.4 is 0 Å². The lowest BCUT2D eigenvalue weighted by Gasteiger charge is -1.98. The van der Waals surface area contributed by atoms with Crippen LogP contribution in [0, 0.1) is 0 Å². The Labute approximate surface area is 79.6 Å². The standard InChI is InChI=1S/C11H16O2/c1-4-7-10(3)8-6-9-13-11(12)5-2/h4-5,7-8H,2,6,9H2,1,3H3/b7-4+,10-8+. The molecule has 2 nitrogen and oxygen atoms in total. The molecule has 0 unspecified atom stereocenters. The first-order valence-corrected chi connectivity index (χ1v) is 4.29. The van der Waals surface area contributed by atoms with E-state index in [1.807, 2.05) is 32.1 Å². The number of allylic oxidation sites excluding steroid dienone is 3. The van der Waals surface area contributed by atoms with Crippen LogP contribution in [0.5, 0.6) is 0 Å². The number of esters is 1. The summed E-state index contributed by atoms with van der Waals surface area (Å²) in [5.74, 6) is -0.364. The topological polar surface area (TPSA) is 26.3 Å². The Balaban J connectivity index is 3.60. The summed E-state index contributed by atoms with van der Waals surface area (Å²) in [7, 11) is 0. The van der Waals surface area contributed by atoms with Gasteiger partial charge < -0.3 is 4.74 Å². The van der Waals surface area contributed by atoms with Gasteiger partial charge in [-0.2, -0.15) is 0 Å². The highest BCUT2D eigenvalue weighted by Crippen LogP contribution is 1.97. The molecule has 0 aromatic heterocycles. The molecule has 0 aromatic rings. The molecule has 0 saturated carbocycles. The summed E-state index contributed by atoms with van der Waals surface area (Å²) < 4.78 is 4.79. The molecular formula is C11H16O2. The fraction of sp³-hybridized carbons (Fsp3) is 0.364. The summed E-state index contributed by atoms with van der Waals surface area (Å²) in [6, 6.07) is 0.